The summed E-state index contributed by atoms with van der Waals surface area (Å²) in [4.78, 5) is 73.6. The van der Waals surface area contributed by atoms with Gasteiger partial charge in [0.15, 0.2) is 5.82 Å². The monoisotopic (exact) mass is 911 g/mol. The maximum atomic E-state index is 15.6. The lowest BCUT2D eigenvalue weighted by Crippen LogP contribution is -2.48. The maximum Gasteiger partial charge on any atom is 0.301 e. The van der Waals surface area contributed by atoms with Crippen LogP contribution in [-0.4, -0.2) is 131 Å². The number of pyridine rings is 3. The van der Waals surface area contributed by atoms with Crippen LogP contribution in [0, 0.1) is 11.6 Å². The van der Waals surface area contributed by atoms with Crippen LogP contribution in [0.3, 0.4) is 0 Å². The Morgan fingerprint density at radius 2 is 1.65 bits per heavy atom. The number of amides is 3. The van der Waals surface area contributed by atoms with E-state index in [-0.39, 0.29) is 41.8 Å². The number of carbonyl (C=O) groups excluding carboxylic acids is 4. The van der Waals surface area contributed by atoms with Crippen molar-refractivity contribution < 1.29 is 36.4 Å². The highest BCUT2D eigenvalue weighted by Crippen LogP contribution is 2.32. The molecule has 0 saturated carbocycles. The number of imide groups is 1. The molecule has 3 amide bonds. The van der Waals surface area contributed by atoms with E-state index in [0.717, 1.165) is 72.4 Å². The van der Waals surface area contributed by atoms with Crippen molar-refractivity contribution >= 4 is 61.9 Å². The number of carbonyl (C=O) groups is 4. The second-order valence-corrected chi connectivity index (χ2v) is 18.5. The standard InChI is InChI=1S/C45H51F2N11O6S/c1-4-56(3)65(63,64)54-36-9-7-34(46)41(42(36)47)43(61)33-25-51-44-32(33)21-29(23-50-44)28-5-11-38(49-22-28)57-19-15-31(16-20-57)55(2)26-40(60)58-17-13-27(14-18-58)35-8-6-30(24-48-35)52-37-10-12-39(59)53-45(37)62/h5-9,11,21-25,27,31,37,52,54H,4,10,12-20,26H2,1-3H3,(H,50,51)(H,53,59,62). The molecule has 1 aromatic carbocycles. The number of nitrogens with zero attached hydrogens (tertiary/aromatic N) is 7. The molecule has 342 valence electrons. The van der Waals surface area contributed by atoms with Crippen molar-refractivity contribution in [3.05, 3.63) is 95.7 Å². The number of ketones is 1. The number of rotatable bonds is 14. The first-order valence-electron chi connectivity index (χ1n) is 21.7. The molecule has 1 unspecified atom stereocenters. The van der Waals surface area contributed by atoms with Gasteiger partial charge in [0.1, 0.15) is 23.3 Å². The highest BCUT2D eigenvalue weighted by atomic mass is 32.2. The fraction of sp³-hybridized carbons (Fsp3) is 0.400. The first-order valence-corrected chi connectivity index (χ1v) is 23.1. The molecule has 3 aliphatic heterocycles. The van der Waals surface area contributed by atoms with Crippen LogP contribution in [-0.2, 0) is 24.6 Å². The lowest BCUT2D eigenvalue weighted by Gasteiger charge is -2.38. The number of nitrogens with one attached hydrogen (secondary N) is 4. The lowest BCUT2D eigenvalue weighted by molar-refractivity contribution is -0.134. The predicted octanol–water partition coefficient (Wildman–Crippen LogP) is 4.66. The summed E-state index contributed by atoms with van der Waals surface area (Å²) < 4.78 is 58.8. The highest BCUT2D eigenvalue weighted by molar-refractivity contribution is 7.90. The van der Waals surface area contributed by atoms with E-state index in [4.69, 9.17) is 4.98 Å². The van der Waals surface area contributed by atoms with Crippen molar-refractivity contribution in [3.8, 4) is 11.1 Å². The fourth-order valence-corrected chi connectivity index (χ4v) is 9.55. The van der Waals surface area contributed by atoms with Gasteiger partial charge in [-0.2, -0.15) is 12.7 Å². The minimum Gasteiger partial charge on any atom is -0.372 e. The summed E-state index contributed by atoms with van der Waals surface area (Å²) in [6.45, 7) is 4.85. The van der Waals surface area contributed by atoms with Gasteiger partial charge in [0.25, 0.3) is 0 Å². The third kappa shape index (κ3) is 9.84. The molecular formula is C45H51F2N11O6S. The van der Waals surface area contributed by atoms with Crippen LogP contribution in [0.2, 0.25) is 0 Å². The van der Waals surface area contributed by atoms with Gasteiger partial charge in [-0.25, -0.2) is 18.7 Å². The number of anilines is 3. The van der Waals surface area contributed by atoms with E-state index in [0.29, 0.717) is 54.6 Å². The summed E-state index contributed by atoms with van der Waals surface area (Å²) in [5, 5.41) is 5.84. The molecular weight excluding hydrogens is 861 g/mol. The summed E-state index contributed by atoms with van der Waals surface area (Å²) in [6.07, 6.45) is 10.4. The van der Waals surface area contributed by atoms with E-state index in [9.17, 15) is 27.6 Å². The van der Waals surface area contributed by atoms with Crippen LogP contribution < -0.4 is 20.3 Å². The van der Waals surface area contributed by atoms with E-state index in [1.807, 2.05) is 36.2 Å². The quantitative estimate of drug-likeness (QED) is 0.0888. The number of aromatic nitrogens is 4. The molecule has 3 aliphatic rings. The van der Waals surface area contributed by atoms with Gasteiger partial charge in [-0.15, -0.1) is 0 Å². The second-order valence-electron chi connectivity index (χ2n) is 16.8. The minimum atomic E-state index is -4.15. The smallest absolute Gasteiger partial charge is 0.301 e. The lowest BCUT2D eigenvalue weighted by atomic mass is 9.93. The van der Waals surface area contributed by atoms with Crippen LogP contribution in [0.1, 0.15) is 73.0 Å². The number of fused-ring (bicyclic) bond motifs is 1. The normalized spacial score (nSPS) is 17.8. The SMILES string of the molecule is CCN(C)S(=O)(=O)Nc1ccc(F)c(C(=O)c2c[nH]c3ncc(-c4ccc(N5CCC(N(C)CC(=O)N6CCC(c7ccc(NC8CCC(=O)NC8=O)cn7)CC6)CC5)nc4)cc23)c1F. The van der Waals surface area contributed by atoms with Gasteiger partial charge in [0.2, 0.25) is 23.5 Å². The van der Waals surface area contributed by atoms with Gasteiger partial charge in [0, 0.05) is 105 Å². The molecule has 1 atom stereocenters. The number of aromatic amines is 1. The Balaban J connectivity index is 0.826. The van der Waals surface area contributed by atoms with Crippen molar-refractivity contribution in [1.29, 1.82) is 0 Å². The number of H-pyrrole nitrogens is 1. The van der Waals surface area contributed by atoms with E-state index in [2.05, 4.69) is 40.1 Å². The average Bonchev–Trinajstić information content (AvgIpc) is 3.74. The Labute approximate surface area is 375 Å². The van der Waals surface area contributed by atoms with Crippen molar-refractivity contribution in [2.45, 2.75) is 63.5 Å². The molecule has 17 nitrogen and oxygen atoms in total. The second kappa shape index (κ2) is 19.0. The molecule has 8 rings (SSSR count). The topological polar surface area (TPSA) is 206 Å². The number of likely N-dealkylation sites (N-methyl/N-ethyl adjacent to an activating group) is 1. The summed E-state index contributed by atoms with van der Waals surface area (Å²) in [7, 11) is -0.845. The third-order valence-corrected chi connectivity index (χ3v) is 14.3. The first kappa shape index (κ1) is 45.2. The summed E-state index contributed by atoms with van der Waals surface area (Å²) in [5.74, 6) is -2.90. The zero-order chi connectivity index (χ0) is 46.0. The summed E-state index contributed by atoms with van der Waals surface area (Å²) >= 11 is 0. The Morgan fingerprint density at radius 3 is 2.32 bits per heavy atom. The predicted molar refractivity (Wildman–Crippen MR) is 240 cm³/mol. The van der Waals surface area contributed by atoms with Crippen molar-refractivity contribution in [3.63, 3.8) is 0 Å². The Bertz CT molecular complexity index is 2700. The van der Waals surface area contributed by atoms with Crippen LogP contribution in [0.4, 0.5) is 26.0 Å². The third-order valence-electron chi connectivity index (χ3n) is 12.7. The number of hydrogen-bond acceptors (Lipinski definition) is 12. The molecule has 3 saturated heterocycles. The first-order chi connectivity index (χ1) is 31.2. The Hall–Kier alpha value is -6.38. The number of halogens is 2. The van der Waals surface area contributed by atoms with Crippen molar-refractivity contribution in [1.82, 2.24) is 39.4 Å². The minimum absolute atomic E-state index is 0.0404. The van der Waals surface area contributed by atoms with Crippen LogP contribution >= 0.6 is 0 Å². The molecule has 3 fully saturated rings. The summed E-state index contributed by atoms with van der Waals surface area (Å²) in [6, 6.07) is 10.9. The van der Waals surface area contributed by atoms with E-state index in [1.54, 1.807) is 31.6 Å². The molecule has 0 spiro atoms. The zero-order valence-corrected chi connectivity index (χ0v) is 37.1. The number of piperidine rings is 3. The van der Waals surface area contributed by atoms with Crippen LogP contribution in [0.25, 0.3) is 22.2 Å². The van der Waals surface area contributed by atoms with Crippen molar-refractivity contribution in [2.75, 3.05) is 68.3 Å². The molecule has 5 aromatic rings. The van der Waals surface area contributed by atoms with Crippen molar-refractivity contribution in [2.24, 2.45) is 0 Å². The molecule has 4 aromatic heterocycles. The van der Waals surface area contributed by atoms with E-state index < -0.39 is 44.9 Å². The summed E-state index contributed by atoms with van der Waals surface area (Å²) in [5.41, 5.74) is 1.84. The molecule has 7 heterocycles. The van der Waals surface area contributed by atoms with Gasteiger partial charge >= 0.3 is 10.2 Å². The van der Waals surface area contributed by atoms with Gasteiger partial charge in [0.05, 0.1) is 29.7 Å². The molecule has 20 heteroatoms. The Kier molecular flexibility index (Phi) is 13.2. The van der Waals surface area contributed by atoms with Crippen LogP contribution in [0.5, 0.6) is 0 Å². The van der Waals surface area contributed by atoms with Gasteiger partial charge in [-0.05, 0) is 81.6 Å². The zero-order valence-electron chi connectivity index (χ0n) is 36.3. The maximum absolute atomic E-state index is 15.6. The molecule has 0 bridgehead atoms. The van der Waals surface area contributed by atoms with Crippen LogP contribution in [0.15, 0.2) is 67.3 Å². The van der Waals surface area contributed by atoms with Gasteiger partial charge < -0.3 is 20.1 Å². The van der Waals surface area contributed by atoms with Gasteiger partial charge in [-0.3, -0.25) is 39.1 Å². The van der Waals surface area contributed by atoms with Gasteiger partial charge in [-0.1, -0.05) is 6.92 Å². The average molecular weight is 912 g/mol. The van der Waals surface area contributed by atoms with E-state index >= 15 is 8.78 Å². The van der Waals surface area contributed by atoms with E-state index in [1.165, 1.54) is 13.2 Å². The fourth-order valence-electron chi connectivity index (χ4n) is 8.62. The molecule has 4 N–H and O–H groups in total. The Morgan fingerprint density at radius 1 is 0.892 bits per heavy atom. The number of likely N-dealkylation sites (tertiary alicyclic amines) is 1. The molecule has 0 radical (unpaired) electrons. The molecule has 65 heavy (non-hydrogen) atoms. The molecule has 0 aliphatic carbocycles. The largest absolute Gasteiger partial charge is 0.372 e. The highest BCUT2D eigenvalue weighted by Gasteiger charge is 2.31. The number of benzene rings is 1. The number of hydrogen-bond donors (Lipinski definition) is 4.